The third-order valence-corrected chi connectivity index (χ3v) is 4.80. The molecule has 0 aliphatic carbocycles. The van der Waals surface area contributed by atoms with E-state index in [2.05, 4.69) is 22.2 Å². The Morgan fingerprint density at radius 1 is 1.18 bits per heavy atom. The number of carbonyl (C=O) groups is 2. The van der Waals surface area contributed by atoms with Crippen molar-refractivity contribution in [2.45, 2.75) is 33.6 Å². The maximum absolute atomic E-state index is 12.8. The molecule has 2 heterocycles. The minimum Gasteiger partial charge on any atom is -0.462 e. The number of anilines is 2. The van der Waals surface area contributed by atoms with Crippen LogP contribution in [0.15, 0.2) is 30.3 Å². The summed E-state index contributed by atoms with van der Waals surface area (Å²) in [7, 11) is 0. The summed E-state index contributed by atoms with van der Waals surface area (Å²) < 4.78 is 4.98. The normalized spacial score (nSPS) is 14.6. The predicted octanol–water partition coefficient (Wildman–Crippen LogP) is 3.58. The van der Waals surface area contributed by atoms with E-state index in [4.69, 9.17) is 4.74 Å². The summed E-state index contributed by atoms with van der Waals surface area (Å²) in [4.78, 5) is 35.2. The van der Waals surface area contributed by atoms with Crippen molar-refractivity contribution in [2.75, 3.05) is 25.0 Å². The monoisotopic (exact) mass is 382 g/mol. The van der Waals surface area contributed by atoms with Gasteiger partial charge in [0.05, 0.1) is 12.2 Å². The molecule has 1 fully saturated rings. The van der Waals surface area contributed by atoms with E-state index in [0.29, 0.717) is 29.7 Å². The fourth-order valence-corrected chi connectivity index (χ4v) is 3.14. The molecule has 1 amide bonds. The highest BCUT2D eigenvalue weighted by atomic mass is 16.5. The largest absolute Gasteiger partial charge is 0.462 e. The van der Waals surface area contributed by atoms with Gasteiger partial charge in [-0.25, -0.2) is 14.8 Å². The molecule has 0 spiro atoms. The van der Waals surface area contributed by atoms with Gasteiger partial charge in [-0.3, -0.25) is 4.79 Å². The fraction of sp³-hybridized carbons (Fsp3) is 0.429. The van der Waals surface area contributed by atoms with Crippen LogP contribution >= 0.6 is 0 Å². The second kappa shape index (κ2) is 8.82. The Balaban J connectivity index is 1.72. The number of rotatable bonds is 5. The van der Waals surface area contributed by atoms with E-state index in [0.717, 1.165) is 37.3 Å². The van der Waals surface area contributed by atoms with Crippen molar-refractivity contribution in [3.05, 3.63) is 47.3 Å². The summed E-state index contributed by atoms with van der Waals surface area (Å²) in [6.07, 6.45) is 2.04. The van der Waals surface area contributed by atoms with Crippen LogP contribution in [0, 0.1) is 12.8 Å². The number of likely N-dealkylation sites (tertiary alicyclic amines) is 1. The highest BCUT2D eigenvalue weighted by Gasteiger charge is 2.23. The van der Waals surface area contributed by atoms with Crippen LogP contribution in [0.5, 0.6) is 0 Å². The summed E-state index contributed by atoms with van der Waals surface area (Å²) in [6, 6.07) is 8.58. The summed E-state index contributed by atoms with van der Waals surface area (Å²) in [5.74, 6) is 0.603. The highest BCUT2D eigenvalue weighted by molar-refractivity contribution is 5.93. The maximum Gasteiger partial charge on any atom is 0.338 e. The van der Waals surface area contributed by atoms with Gasteiger partial charge >= 0.3 is 5.97 Å². The van der Waals surface area contributed by atoms with Crippen LogP contribution in [-0.2, 0) is 4.74 Å². The van der Waals surface area contributed by atoms with Crippen LogP contribution in [-0.4, -0.2) is 46.4 Å². The van der Waals surface area contributed by atoms with Gasteiger partial charge in [0.1, 0.15) is 5.69 Å². The molecule has 1 saturated heterocycles. The number of carbonyl (C=O) groups excluding carboxylic acids is 2. The Kier molecular flexibility index (Phi) is 6.23. The number of piperidine rings is 1. The van der Waals surface area contributed by atoms with Crippen molar-refractivity contribution >= 4 is 23.5 Å². The van der Waals surface area contributed by atoms with Crippen molar-refractivity contribution in [3.63, 3.8) is 0 Å². The number of hydrogen-bond donors (Lipinski definition) is 1. The molecule has 1 N–H and O–H groups in total. The van der Waals surface area contributed by atoms with Crippen LogP contribution in [0.2, 0.25) is 0 Å². The first-order chi connectivity index (χ1) is 13.5. The molecule has 0 atom stereocenters. The summed E-state index contributed by atoms with van der Waals surface area (Å²) in [5.41, 5.74) is 2.32. The third-order valence-electron chi connectivity index (χ3n) is 4.80. The molecule has 1 aromatic carbocycles. The van der Waals surface area contributed by atoms with Gasteiger partial charge in [0, 0.05) is 24.5 Å². The zero-order chi connectivity index (χ0) is 20.1. The van der Waals surface area contributed by atoms with E-state index in [1.807, 2.05) is 11.8 Å². The van der Waals surface area contributed by atoms with Gasteiger partial charge in [-0.1, -0.05) is 6.92 Å². The van der Waals surface area contributed by atoms with E-state index < -0.39 is 0 Å². The molecule has 2 aromatic rings. The van der Waals surface area contributed by atoms with E-state index in [1.165, 1.54) is 0 Å². The quantitative estimate of drug-likeness (QED) is 0.796. The van der Waals surface area contributed by atoms with Crippen LogP contribution in [0.3, 0.4) is 0 Å². The van der Waals surface area contributed by atoms with Crippen molar-refractivity contribution in [2.24, 2.45) is 5.92 Å². The lowest BCUT2D eigenvalue weighted by atomic mass is 9.99. The van der Waals surface area contributed by atoms with Gasteiger partial charge < -0.3 is 15.0 Å². The minimum atomic E-state index is -0.357. The molecule has 0 saturated carbocycles. The van der Waals surface area contributed by atoms with Gasteiger partial charge in [0.25, 0.3) is 5.91 Å². The molecule has 0 unspecified atom stereocenters. The molecule has 0 bridgehead atoms. The first-order valence-electron chi connectivity index (χ1n) is 9.65. The summed E-state index contributed by atoms with van der Waals surface area (Å²) in [5, 5.41) is 3.10. The third kappa shape index (κ3) is 4.85. The number of nitrogens with zero attached hydrogens (tertiary/aromatic N) is 3. The Morgan fingerprint density at radius 3 is 2.50 bits per heavy atom. The van der Waals surface area contributed by atoms with Crippen molar-refractivity contribution < 1.29 is 14.3 Å². The van der Waals surface area contributed by atoms with Crippen molar-refractivity contribution in [1.29, 1.82) is 0 Å². The number of ether oxygens (including phenoxy) is 1. The maximum atomic E-state index is 12.8. The molecule has 0 radical (unpaired) electrons. The smallest absolute Gasteiger partial charge is 0.338 e. The predicted molar refractivity (Wildman–Crippen MR) is 107 cm³/mol. The number of esters is 1. The van der Waals surface area contributed by atoms with Crippen molar-refractivity contribution in [3.8, 4) is 0 Å². The first kappa shape index (κ1) is 19.8. The minimum absolute atomic E-state index is 0.0573. The molecule has 1 aliphatic rings. The first-order valence-corrected chi connectivity index (χ1v) is 9.65. The van der Waals surface area contributed by atoms with Crippen LogP contribution in [0.4, 0.5) is 11.6 Å². The molecule has 3 rings (SSSR count). The lowest BCUT2D eigenvalue weighted by Gasteiger charge is -2.30. The second-order valence-electron chi connectivity index (χ2n) is 7.12. The zero-order valence-corrected chi connectivity index (χ0v) is 16.6. The summed E-state index contributed by atoms with van der Waals surface area (Å²) >= 11 is 0. The molecule has 1 aromatic heterocycles. The molecular weight excluding hydrogens is 356 g/mol. The lowest BCUT2D eigenvalue weighted by molar-refractivity contribution is 0.0526. The zero-order valence-electron chi connectivity index (χ0n) is 16.6. The van der Waals surface area contributed by atoms with E-state index in [1.54, 1.807) is 37.3 Å². The highest BCUT2D eigenvalue weighted by Crippen LogP contribution is 2.19. The summed E-state index contributed by atoms with van der Waals surface area (Å²) in [6.45, 7) is 7.69. The topological polar surface area (TPSA) is 84.4 Å². The average molecular weight is 382 g/mol. The van der Waals surface area contributed by atoms with E-state index in [-0.39, 0.29) is 11.9 Å². The number of aryl methyl sites for hydroxylation is 1. The van der Waals surface area contributed by atoms with Gasteiger partial charge in [-0.05, 0) is 62.9 Å². The van der Waals surface area contributed by atoms with Gasteiger partial charge in [-0.2, -0.15) is 0 Å². The number of nitrogens with one attached hydrogen (secondary N) is 1. The Hall–Kier alpha value is -2.96. The van der Waals surface area contributed by atoms with Crippen LogP contribution < -0.4 is 5.32 Å². The van der Waals surface area contributed by atoms with Crippen molar-refractivity contribution in [1.82, 2.24) is 14.9 Å². The second-order valence-corrected chi connectivity index (χ2v) is 7.12. The standard InChI is InChI=1S/C21H26N4O3/c1-4-28-20(27)16-5-7-17(8-6-16)23-21-22-15(3)13-18(24-21)19(26)25-11-9-14(2)10-12-25/h5-8,13-14H,4,9-12H2,1-3H3,(H,22,23,24). The average Bonchev–Trinajstić information content (AvgIpc) is 2.68. The molecule has 28 heavy (non-hydrogen) atoms. The number of hydrogen-bond acceptors (Lipinski definition) is 6. The van der Waals surface area contributed by atoms with E-state index >= 15 is 0 Å². The molecule has 7 nitrogen and oxygen atoms in total. The lowest BCUT2D eigenvalue weighted by Crippen LogP contribution is -2.38. The number of aromatic nitrogens is 2. The van der Waals surface area contributed by atoms with Gasteiger partial charge in [-0.15, -0.1) is 0 Å². The number of amides is 1. The van der Waals surface area contributed by atoms with Crippen LogP contribution in [0.1, 0.15) is 53.2 Å². The molecule has 1 aliphatic heterocycles. The Labute approximate surface area is 165 Å². The number of benzene rings is 1. The fourth-order valence-electron chi connectivity index (χ4n) is 3.14. The van der Waals surface area contributed by atoms with E-state index in [9.17, 15) is 9.59 Å². The van der Waals surface area contributed by atoms with Gasteiger partial charge in [0.2, 0.25) is 5.95 Å². The Bertz CT molecular complexity index is 843. The molecule has 148 valence electrons. The van der Waals surface area contributed by atoms with Gasteiger partial charge in [0.15, 0.2) is 0 Å². The molecule has 7 heteroatoms. The van der Waals surface area contributed by atoms with Crippen LogP contribution in [0.25, 0.3) is 0 Å². The SMILES string of the molecule is CCOC(=O)c1ccc(Nc2nc(C)cc(C(=O)N3CCC(C)CC3)n2)cc1. The molecular formula is C21H26N4O3. The Morgan fingerprint density at radius 2 is 1.86 bits per heavy atom.